The van der Waals surface area contributed by atoms with E-state index >= 15 is 0 Å². The van der Waals surface area contributed by atoms with Gasteiger partial charge in [-0.15, -0.1) is 0 Å². The molecule has 0 radical (unpaired) electrons. The lowest BCUT2D eigenvalue weighted by Crippen LogP contribution is -1.98. The fraction of sp³-hybridized carbons (Fsp3) is 0.125. The molecule has 3 heteroatoms. The Labute approximate surface area is 71.0 Å². The predicted molar refractivity (Wildman–Crippen MR) is 49.6 cm³/mol. The van der Waals surface area contributed by atoms with Gasteiger partial charge in [0.15, 0.2) is 5.05 Å². The van der Waals surface area contributed by atoms with Crippen LogP contribution in [0, 0.1) is 0 Å². The maximum absolute atomic E-state index is 5.48. The molecule has 2 nitrogen and oxygen atoms in total. The van der Waals surface area contributed by atoms with Crippen LogP contribution in [0.15, 0.2) is 24.3 Å². The van der Waals surface area contributed by atoms with Crippen LogP contribution in [0.1, 0.15) is 5.56 Å². The van der Waals surface area contributed by atoms with Gasteiger partial charge in [0.25, 0.3) is 0 Å². The number of hydrogen-bond acceptors (Lipinski definition) is 3. The van der Waals surface area contributed by atoms with Crippen LogP contribution in [-0.4, -0.2) is 12.2 Å². The normalized spacial score (nSPS) is 9.18. The number of methoxy groups -OCH3 is 1. The highest BCUT2D eigenvalue weighted by atomic mass is 32.1. The van der Waals surface area contributed by atoms with E-state index in [0.717, 1.165) is 11.3 Å². The quantitative estimate of drug-likeness (QED) is 0.509. The minimum atomic E-state index is 0.491. The fourth-order valence-corrected chi connectivity index (χ4v) is 0.873. The van der Waals surface area contributed by atoms with E-state index < -0.39 is 0 Å². The van der Waals surface area contributed by atoms with Crippen molar-refractivity contribution in [2.24, 2.45) is 0 Å². The predicted octanol–water partition coefficient (Wildman–Crippen LogP) is 1.59. The van der Waals surface area contributed by atoms with E-state index in [9.17, 15) is 0 Å². The van der Waals surface area contributed by atoms with Crippen LogP contribution in [0.3, 0.4) is 0 Å². The van der Waals surface area contributed by atoms with Crippen molar-refractivity contribution in [2.75, 3.05) is 12.8 Å². The Kier molecular flexibility index (Phi) is 2.44. The van der Waals surface area contributed by atoms with Crippen molar-refractivity contribution in [3.63, 3.8) is 0 Å². The molecular formula is C8H9NOS. The Balaban J connectivity index is 2.90. The topological polar surface area (TPSA) is 35.2 Å². The molecule has 0 spiro atoms. The number of nitrogens with two attached hydrogens (primary N) is 1. The van der Waals surface area contributed by atoms with Gasteiger partial charge in [0.1, 0.15) is 0 Å². The van der Waals surface area contributed by atoms with Gasteiger partial charge in [-0.1, -0.05) is 0 Å². The van der Waals surface area contributed by atoms with Gasteiger partial charge in [0, 0.05) is 11.3 Å². The zero-order valence-corrected chi connectivity index (χ0v) is 7.02. The van der Waals surface area contributed by atoms with Gasteiger partial charge in [-0.3, -0.25) is 0 Å². The lowest BCUT2D eigenvalue weighted by molar-refractivity contribution is 0.416. The fourth-order valence-electron chi connectivity index (χ4n) is 0.737. The van der Waals surface area contributed by atoms with Crippen LogP contribution in [0.2, 0.25) is 0 Å². The number of rotatable bonds is 1. The van der Waals surface area contributed by atoms with Gasteiger partial charge in [-0.05, 0) is 36.5 Å². The van der Waals surface area contributed by atoms with Crippen LogP contribution in [0.5, 0.6) is 0 Å². The second kappa shape index (κ2) is 3.34. The van der Waals surface area contributed by atoms with Gasteiger partial charge >= 0.3 is 0 Å². The summed E-state index contributed by atoms with van der Waals surface area (Å²) in [6.45, 7) is 0. The van der Waals surface area contributed by atoms with Crippen LogP contribution >= 0.6 is 12.2 Å². The van der Waals surface area contributed by atoms with Crippen molar-refractivity contribution < 1.29 is 4.74 Å². The summed E-state index contributed by atoms with van der Waals surface area (Å²) in [4.78, 5) is 0. The van der Waals surface area contributed by atoms with Crippen LogP contribution in [0.4, 0.5) is 5.69 Å². The third kappa shape index (κ3) is 1.91. The van der Waals surface area contributed by atoms with Gasteiger partial charge in [0.05, 0.1) is 7.11 Å². The van der Waals surface area contributed by atoms with Crippen molar-refractivity contribution >= 4 is 23.0 Å². The molecule has 0 amide bonds. The molecule has 1 rings (SSSR count). The average molecular weight is 167 g/mol. The minimum Gasteiger partial charge on any atom is -0.486 e. The molecule has 0 saturated carbocycles. The number of ether oxygens (including phenoxy) is 1. The van der Waals surface area contributed by atoms with E-state index in [2.05, 4.69) is 0 Å². The lowest BCUT2D eigenvalue weighted by Gasteiger charge is -2.01. The van der Waals surface area contributed by atoms with E-state index in [1.807, 2.05) is 12.1 Å². The van der Waals surface area contributed by atoms with Crippen molar-refractivity contribution in [1.29, 1.82) is 0 Å². The second-order valence-corrected chi connectivity index (χ2v) is 2.48. The molecular weight excluding hydrogens is 158 g/mol. The van der Waals surface area contributed by atoms with Crippen molar-refractivity contribution in [2.45, 2.75) is 0 Å². The Morgan fingerprint density at radius 3 is 2.36 bits per heavy atom. The molecule has 0 unspecified atom stereocenters. The molecule has 0 fully saturated rings. The van der Waals surface area contributed by atoms with E-state index in [1.54, 1.807) is 19.2 Å². The van der Waals surface area contributed by atoms with Crippen molar-refractivity contribution in [1.82, 2.24) is 0 Å². The van der Waals surface area contributed by atoms with Crippen LogP contribution in [-0.2, 0) is 4.74 Å². The monoisotopic (exact) mass is 167 g/mol. The molecule has 58 valence electrons. The van der Waals surface area contributed by atoms with E-state index in [4.69, 9.17) is 22.7 Å². The highest BCUT2D eigenvalue weighted by Crippen LogP contribution is 2.06. The summed E-state index contributed by atoms with van der Waals surface area (Å²) >= 11 is 4.90. The first-order valence-corrected chi connectivity index (χ1v) is 3.58. The maximum atomic E-state index is 5.48. The standard InChI is InChI=1S/C8H9NOS/c1-10-8(11)6-2-4-7(9)5-3-6/h2-5H,9H2,1H3. The third-order valence-electron chi connectivity index (χ3n) is 1.33. The first-order chi connectivity index (χ1) is 5.24. The first kappa shape index (κ1) is 8.01. The Morgan fingerprint density at radius 2 is 1.91 bits per heavy atom. The molecule has 11 heavy (non-hydrogen) atoms. The molecule has 0 aliphatic heterocycles. The third-order valence-corrected chi connectivity index (χ3v) is 1.73. The summed E-state index contributed by atoms with van der Waals surface area (Å²) in [5, 5.41) is 0.491. The first-order valence-electron chi connectivity index (χ1n) is 3.18. The van der Waals surface area contributed by atoms with Gasteiger partial charge in [-0.2, -0.15) is 0 Å². The molecule has 0 heterocycles. The largest absolute Gasteiger partial charge is 0.486 e. The van der Waals surface area contributed by atoms with E-state index in [-0.39, 0.29) is 0 Å². The number of anilines is 1. The second-order valence-electron chi connectivity index (χ2n) is 2.11. The molecule has 0 bridgehead atoms. The van der Waals surface area contributed by atoms with Crippen LogP contribution in [0.25, 0.3) is 0 Å². The summed E-state index contributed by atoms with van der Waals surface area (Å²) in [6, 6.07) is 7.25. The summed E-state index contributed by atoms with van der Waals surface area (Å²) in [5.41, 5.74) is 7.10. The number of thiocarbonyl (C=S) groups is 1. The Bertz CT molecular complexity index is 255. The highest BCUT2D eigenvalue weighted by Gasteiger charge is 1.97. The van der Waals surface area contributed by atoms with Crippen LogP contribution < -0.4 is 5.73 Å². The van der Waals surface area contributed by atoms with Crippen molar-refractivity contribution in [3.05, 3.63) is 29.8 Å². The van der Waals surface area contributed by atoms with Gasteiger partial charge < -0.3 is 10.5 Å². The zero-order chi connectivity index (χ0) is 8.27. The van der Waals surface area contributed by atoms with Gasteiger partial charge in [-0.25, -0.2) is 0 Å². The molecule has 0 aliphatic rings. The molecule has 0 atom stereocenters. The summed E-state index contributed by atoms with van der Waals surface area (Å²) < 4.78 is 4.87. The Hall–Kier alpha value is -1.09. The molecule has 1 aromatic carbocycles. The maximum Gasteiger partial charge on any atom is 0.190 e. The number of benzene rings is 1. The molecule has 2 N–H and O–H groups in total. The van der Waals surface area contributed by atoms with Gasteiger partial charge in [0.2, 0.25) is 0 Å². The SMILES string of the molecule is COC(=S)c1ccc(N)cc1. The Morgan fingerprint density at radius 1 is 1.36 bits per heavy atom. The van der Waals surface area contributed by atoms with E-state index in [0.29, 0.717) is 5.05 Å². The van der Waals surface area contributed by atoms with Crippen molar-refractivity contribution in [3.8, 4) is 0 Å². The number of nitrogen functional groups attached to an aromatic ring is 1. The summed E-state index contributed by atoms with van der Waals surface area (Å²) in [7, 11) is 1.55. The average Bonchev–Trinajstić information content (AvgIpc) is 2.05. The van der Waals surface area contributed by atoms with E-state index in [1.165, 1.54) is 0 Å². The molecule has 0 aromatic heterocycles. The smallest absolute Gasteiger partial charge is 0.190 e. The highest BCUT2D eigenvalue weighted by molar-refractivity contribution is 7.80. The molecule has 1 aromatic rings. The molecule has 0 saturated heterocycles. The number of hydrogen-bond donors (Lipinski definition) is 1. The molecule has 0 aliphatic carbocycles. The minimum absolute atomic E-state index is 0.491. The summed E-state index contributed by atoms with van der Waals surface area (Å²) in [6.07, 6.45) is 0. The zero-order valence-electron chi connectivity index (χ0n) is 6.20. The lowest BCUT2D eigenvalue weighted by atomic mass is 10.2. The summed E-state index contributed by atoms with van der Waals surface area (Å²) in [5.74, 6) is 0.